The van der Waals surface area contributed by atoms with E-state index in [9.17, 15) is 9.59 Å². The van der Waals surface area contributed by atoms with Crippen molar-refractivity contribution in [3.8, 4) is 0 Å². The molecule has 1 aromatic carbocycles. The first-order valence-corrected chi connectivity index (χ1v) is 12.0. The van der Waals surface area contributed by atoms with Gasteiger partial charge in [0.2, 0.25) is 5.91 Å². The van der Waals surface area contributed by atoms with Gasteiger partial charge in [-0.05, 0) is 58.8 Å². The molecule has 3 rings (SSSR count). The third-order valence-corrected chi connectivity index (χ3v) is 7.49. The van der Waals surface area contributed by atoms with Crippen molar-refractivity contribution in [1.29, 1.82) is 0 Å². The quantitative estimate of drug-likeness (QED) is 0.417. The minimum Gasteiger partial charge on any atom is -0.465 e. The molecule has 1 aliphatic carbocycles. The average Bonchev–Trinajstić information content (AvgIpc) is 3.07. The molecule has 0 aliphatic heterocycles. The highest BCUT2D eigenvalue weighted by Crippen LogP contribution is 2.44. The second-order valence-electron chi connectivity index (χ2n) is 10.7. The monoisotopic (exact) mass is 453 g/mol. The third-order valence-electron chi connectivity index (χ3n) is 6.32. The first-order valence-electron chi connectivity index (χ1n) is 11.2. The molecule has 1 aliphatic rings. The largest absolute Gasteiger partial charge is 0.465 e. The van der Waals surface area contributed by atoms with Crippen molar-refractivity contribution in [2.24, 2.45) is 11.3 Å². The Kier molecular flexibility index (Phi) is 6.99. The van der Waals surface area contributed by atoms with E-state index in [1.54, 1.807) is 6.08 Å². The van der Waals surface area contributed by atoms with E-state index in [0.29, 0.717) is 16.5 Å². The standard InChI is InChI=1S/C27H35NO3S/c1-26(2,3)18-11-8-17(9-12-18)10-15-22(29)28-24-23(25(30)31-7)20-14-13-19(27(4,5)6)16-21(20)32-24/h8-12,15,19H,13-14,16H2,1-7H3,(H,28,29). The average molecular weight is 454 g/mol. The van der Waals surface area contributed by atoms with Gasteiger partial charge in [0.15, 0.2) is 0 Å². The molecule has 0 saturated carbocycles. The van der Waals surface area contributed by atoms with Crippen LogP contribution in [0.1, 0.15) is 79.9 Å². The number of carbonyl (C=O) groups excluding carboxylic acids is 2. The van der Waals surface area contributed by atoms with Gasteiger partial charge >= 0.3 is 5.97 Å². The lowest BCUT2D eigenvalue weighted by atomic mass is 9.72. The van der Waals surface area contributed by atoms with Crippen LogP contribution in [-0.2, 0) is 27.8 Å². The molecular weight excluding hydrogens is 418 g/mol. The molecule has 1 atom stereocenters. The number of nitrogens with one attached hydrogen (secondary N) is 1. The van der Waals surface area contributed by atoms with Crippen LogP contribution >= 0.6 is 11.3 Å². The lowest BCUT2D eigenvalue weighted by Crippen LogP contribution is -2.26. The zero-order valence-electron chi connectivity index (χ0n) is 20.3. The van der Waals surface area contributed by atoms with Gasteiger partial charge in [0.05, 0.1) is 12.7 Å². The van der Waals surface area contributed by atoms with Gasteiger partial charge in [-0.3, -0.25) is 4.79 Å². The Balaban J connectivity index is 1.79. The fourth-order valence-electron chi connectivity index (χ4n) is 4.15. The van der Waals surface area contributed by atoms with Crippen molar-refractivity contribution >= 4 is 34.3 Å². The molecule has 0 saturated heterocycles. The molecule has 1 amide bonds. The number of hydrogen-bond acceptors (Lipinski definition) is 4. The van der Waals surface area contributed by atoms with Crippen molar-refractivity contribution in [2.45, 2.75) is 66.2 Å². The van der Waals surface area contributed by atoms with Gasteiger partial charge in [0.1, 0.15) is 5.00 Å². The highest BCUT2D eigenvalue weighted by atomic mass is 32.1. The summed E-state index contributed by atoms with van der Waals surface area (Å²) in [6.45, 7) is 13.3. The fourth-order valence-corrected chi connectivity index (χ4v) is 5.47. The number of anilines is 1. The Labute approximate surface area is 196 Å². The van der Waals surface area contributed by atoms with Crippen LogP contribution in [0.5, 0.6) is 0 Å². The molecule has 1 aromatic heterocycles. The van der Waals surface area contributed by atoms with E-state index in [4.69, 9.17) is 4.74 Å². The van der Waals surface area contributed by atoms with E-state index in [2.05, 4.69) is 59.0 Å². The molecule has 32 heavy (non-hydrogen) atoms. The van der Waals surface area contributed by atoms with E-state index >= 15 is 0 Å². The molecule has 0 radical (unpaired) electrons. The highest BCUT2D eigenvalue weighted by molar-refractivity contribution is 7.17. The summed E-state index contributed by atoms with van der Waals surface area (Å²) in [5.41, 5.74) is 4.07. The van der Waals surface area contributed by atoms with Crippen LogP contribution in [0.25, 0.3) is 6.08 Å². The molecule has 1 N–H and O–H groups in total. The van der Waals surface area contributed by atoms with Crippen LogP contribution in [-0.4, -0.2) is 19.0 Å². The molecule has 1 unspecified atom stereocenters. The Morgan fingerprint density at radius 1 is 1.09 bits per heavy atom. The maximum atomic E-state index is 12.7. The number of fused-ring (bicyclic) bond motifs is 1. The molecule has 5 heteroatoms. The molecular formula is C27H35NO3S. The van der Waals surface area contributed by atoms with Gasteiger partial charge in [-0.2, -0.15) is 0 Å². The van der Waals surface area contributed by atoms with Gasteiger partial charge in [-0.25, -0.2) is 4.79 Å². The lowest BCUT2D eigenvalue weighted by molar-refractivity contribution is -0.111. The van der Waals surface area contributed by atoms with Crippen molar-refractivity contribution in [2.75, 3.05) is 12.4 Å². The Hall–Kier alpha value is -2.40. The summed E-state index contributed by atoms with van der Waals surface area (Å²) in [5.74, 6) is -0.0755. The van der Waals surface area contributed by atoms with Crippen LogP contribution in [0, 0.1) is 11.3 Å². The summed E-state index contributed by atoms with van der Waals surface area (Å²) in [7, 11) is 1.39. The van der Waals surface area contributed by atoms with Crippen LogP contribution in [0.3, 0.4) is 0 Å². The smallest absolute Gasteiger partial charge is 0.341 e. The van der Waals surface area contributed by atoms with Gasteiger partial charge < -0.3 is 10.1 Å². The summed E-state index contributed by atoms with van der Waals surface area (Å²) >= 11 is 1.51. The van der Waals surface area contributed by atoms with Crippen LogP contribution in [0.15, 0.2) is 30.3 Å². The number of esters is 1. The second-order valence-corrected chi connectivity index (χ2v) is 11.8. The minimum absolute atomic E-state index is 0.0915. The number of rotatable bonds is 4. The SMILES string of the molecule is COC(=O)c1c(NC(=O)C=Cc2ccc(C(C)(C)C)cc2)sc2c1CCC(C(C)(C)C)C2. The van der Waals surface area contributed by atoms with Gasteiger partial charge in [0, 0.05) is 11.0 Å². The van der Waals surface area contributed by atoms with Crippen LogP contribution in [0.2, 0.25) is 0 Å². The van der Waals surface area contributed by atoms with E-state index in [-0.39, 0.29) is 22.7 Å². The normalized spacial score (nSPS) is 16.7. The first-order chi connectivity index (χ1) is 14.9. The fraction of sp³-hybridized carbons (Fsp3) is 0.481. The zero-order chi connectivity index (χ0) is 23.7. The number of ether oxygens (including phenoxy) is 1. The van der Waals surface area contributed by atoms with E-state index in [1.807, 2.05) is 12.1 Å². The van der Waals surface area contributed by atoms with E-state index in [0.717, 1.165) is 30.4 Å². The Morgan fingerprint density at radius 3 is 2.31 bits per heavy atom. The molecule has 0 spiro atoms. The molecule has 4 nitrogen and oxygen atoms in total. The summed E-state index contributed by atoms with van der Waals surface area (Å²) in [4.78, 5) is 26.4. The van der Waals surface area contributed by atoms with E-state index in [1.165, 1.54) is 35.0 Å². The Morgan fingerprint density at radius 2 is 1.75 bits per heavy atom. The van der Waals surface area contributed by atoms with E-state index < -0.39 is 0 Å². The van der Waals surface area contributed by atoms with Crippen molar-refractivity contribution < 1.29 is 14.3 Å². The van der Waals surface area contributed by atoms with Gasteiger partial charge in [-0.1, -0.05) is 65.8 Å². The predicted molar refractivity (Wildman–Crippen MR) is 133 cm³/mol. The van der Waals surface area contributed by atoms with Gasteiger partial charge in [-0.15, -0.1) is 11.3 Å². The first kappa shape index (κ1) is 24.2. The number of methoxy groups -OCH3 is 1. The lowest BCUT2D eigenvalue weighted by Gasteiger charge is -2.33. The van der Waals surface area contributed by atoms with Crippen molar-refractivity contribution in [3.63, 3.8) is 0 Å². The van der Waals surface area contributed by atoms with Gasteiger partial charge in [0.25, 0.3) is 0 Å². The summed E-state index contributed by atoms with van der Waals surface area (Å²) in [5, 5.41) is 3.53. The highest BCUT2D eigenvalue weighted by Gasteiger charge is 2.34. The predicted octanol–water partition coefficient (Wildman–Crippen LogP) is 6.64. The summed E-state index contributed by atoms with van der Waals surface area (Å²) < 4.78 is 5.04. The molecule has 172 valence electrons. The summed E-state index contributed by atoms with van der Waals surface area (Å²) in [6.07, 6.45) is 6.12. The molecule has 1 heterocycles. The number of hydrogen-bond donors (Lipinski definition) is 1. The maximum Gasteiger partial charge on any atom is 0.341 e. The van der Waals surface area contributed by atoms with Crippen LogP contribution in [0.4, 0.5) is 5.00 Å². The second kappa shape index (κ2) is 9.22. The van der Waals surface area contributed by atoms with Crippen LogP contribution < -0.4 is 5.32 Å². The third kappa shape index (κ3) is 5.50. The van der Waals surface area contributed by atoms with Crippen molar-refractivity contribution in [3.05, 3.63) is 57.5 Å². The topological polar surface area (TPSA) is 55.4 Å². The molecule has 0 bridgehead atoms. The molecule has 0 fully saturated rings. The number of amides is 1. The van der Waals surface area contributed by atoms with Crippen molar-refractivity contribution in [1.82, 2.24) is 0 Å². The number of thiophene rings is 1. The molecule has 2 aromatic rings. The summed E-state index contributed by atoms with van der Waals surface area (Å²) in [6, 6.07) is 8.21. The Bertz CT molecular complexity index is 1020. The minimum atomic E-state index is -0.381. The number of benzene rings is 1. The maximum absolute atomic E-state index is 12.7. The zero-order valence-corrected chi connectivity index (χ0v) is 21.1. The number of carbonyl (C=O) groups is 2.